The van der Waals surface area contributed by atoms with Crippen molar-refractivity contribution in [2.45, 2.75) is 58.3 Å². The Balaban J connectivity index is 1.33. The molecule has 1 aliphatic heterocycles. The van der Waals surface area contributed by atoms with Crippen molar-refractivity contribution in [1.29, 1.82) is 0 Å². The third-order valence-corrected chi connectivity index (χ3v) is 6.65. The van der Waals surface area contributed by atoms with E-state index in [1.165, 1.54) is 19.3 Å². The number of rotatable bonds is 6. The maximum Gasteiger partial charge on any atom is 0.230 e. The zero-order valence-corrected chi connectivity index (χ0v) is 15.6. The molecule has 0 spiro atoms. The summed E-state index contributed by atoms with van der Waals surface area (Å²) < 4.78 is 5.18. The number of hydrogen-bond acceptors (Lipinski definition) is 4. The van der Waals surface area contributed by atoms with Gasteiger partial charge in [0.2, 0.25) is 11.8 Å². The van der Waals surface area contributed by atoms with Crippen LogP contribution >= 0.6 is 0 Å². The predicted octanol–water partition coefficient (Wildman–Crippen LogP) is 2.46. The Morgan fingerprint density at radius 2 is 2.00 bits per heavy atom. The zero-order chi connectivity index (χ0) is 18.1. The molecule has 2 saturated carbocycles. The summed E-state index contributed by atoms with van der Waals surface area (Å²) in [6.07, 6.45) is 8.20. The summed E-state index contributed by atoms with van der Waals surface area (Å²) in [4.78, 5) is 26.6. The monoisotopic (exact) mass is 359 g/mol. The third kappa shape index (κ3) is 3.64. The van der Waals surface area contributed by atoms with Gasteiger partial charge in [-0.25, -0.2) is 0 Å². The van der Waals surface area contributed by atoms with Crippen molar-refractivity contribution < 1.29 is 14.1 Å². The average molecular weight is 359 g/mol. The maximum atomic E-state index is 12.6. The highest BCUT2D eigenvalue weighted by Crippen LogP contribution is 2.48. The van der Waals surface area contributed by atoms with E-state index in [4.69, 9.17) is 4.52 Å². The van der Waals surface area contributed by atoms with E-state index < -0.39 is 0 Å². The number of carbonyl (C=O) groups is 2. The lowest BCUT2D eigenvalue weighted by atomic mass is 9.60. The van der Waals surface area contributed by atoms with Gasteiger partial charge in [0.05, 0.1) is 12.1 Å². The lowest BCUT2D eigenvalue weighted by molar-refractivity contribution is -0.135. The number of aromatic nitrogens is 1. The van der Waals surface area contributed by atoms with Crippen molar-refractivity contribution in [2.75, 3.05) is 19.6 Å². The fraction of sp³-hybridized carbons (Fsp3) is 0.750. The second-order valence-corrected chi connectivity index (χ2v) is 8.47. The second kappa shape index (κ2) is 7.05. The Bertz CT molecular complexity index is 668. The SMILES string of the molecule is Cc1cc(CC(=O)N2CCC(CNC(=O)C3CC3)(C3CCC3)CC2)on1. The highest BCUT2D eigenvalue weighted by molar-refractivity contribution is 5.81. The predicted molar refractivity (Wildman–Crippen MR) is 96.3 cm³/mol. The number of aryl methyl sites for hydroxylation is 1. The van der Waals surface area contributed by atoms with Gasteiger partial charge in [0.15, 0.2) is 0 Å². The van der Waals surface area contributed by atoms with Gasteiger partial charge in [0.1, 0.15) is 5.76 Å². The van der Waals surface area contributed by atoms with Gasteiger partial charge in [-0.2, -0.15) is 0 Å². The smallest absolute Gasteiger partial charge is 0.230 e. The van der Waals surface area contributed by atoms with E-state index in [0.29, 0.717) is 11.7 Å². The standard InChI is InChI=1S/C20H29N3O3/c1-14-11-17(26-22-14)12-18(24)23-9-7-20(8-10-23,16-3-2-4-16)13-21-19(25)15-5-6-15/h11,15-16H,2-10,12-13H2,1H3,(H,21,25). The van der Waals surface area contributed by atoms with Gasteiger partial charge in [0.25, 0.3) is 0 Å². The first-order valence-electron chi connectivity index (χ1n) is 10.0. The first-order valence-corrected chi connectivity index (χ1v) is 10.0. The van der Waals surface area contributed by atoms with Gasteiger partial charge in [-0.05, 0) is 56.8 Å². The lowest BCUT2D eigenvalue weighted by Crippen LogP contribution is -2.53. The van der Waals surface area contributed by atoms with Crippen molar-refractivity contribution >= 4 is 11.8 Å². The van der Waals surface area contributed by atoms with Crippen molar-refractivity contribution in [3.05, 3.63) is 17.5 Å². The van der Waals surface area contributed by atoms with Crippen molar-refractivity contribution in [1.82, 2.24) is 15.4 Å². The van der Waals surface area contributed by atoms with Crippen LogP contribution in [0.4, 0.5) is 0 Å². The Morgan fingerprint density at radius 1 is 1.27 bits per heavy atom. The molecule has 0 atom stereocenters. The Kier molecular flexibility index (Phi) is 4.76. The highest BCUT2D eigenvalue weighted by atomic mass is 16.5. The lowest BCUT2D eigenvalue weighted by Gasteiger charge is -2.50. The highest BCUT2D eigenvalue weighted by Gasteiger charge is 2.45. The van der Waals surface area contributed by atoms with Gasteiger partial charge in [-0.3, -0.25) is 9.59 Å². The molecule has 0 radical (unpaired) electrons. The summed E-state index contributed by atoms with van der Waals surface area (Å²) in [5.74, 6) is 1.96. The molecule has 1 aromatic rings. The minimum Gasteiger partial charge on any atom is -0.361 e. The first-order chi connectivity index (χ1) is 12.6. The van der Waals surface area contributed by atoms with Gasteiger partial charge in [-0.1, -0.05) is 11.6 Å². The van der Waals surface area contributed by atoms with E-state index in [1.54, 1.807) is 0 Å². The van der Waals surface area contributed by atoms with E-state index in [2.05, 4.69) is 10.5 Å². The number of hydrogen-bond donors (Lipinski definition) is 1. The molecule has 4 rings (SSSR count). The zero-order valence-electron chi connectivity index (χ0n) is 15.6. The Hall–Kier alpha value is -1.85. The van der Waals surface area contributed by atoms with Crippen LogP contribution in [0.5, 0.6) is 0 Å². The number of carbonyl (C=O) groups excluding carboxylic acids is 2. The average Bonchev–Trinajstić information content (AvgIpc) is 3.35. The summed E-state index contributed by atoms with van der Waals surface area (Å²) in [7, 11) is 0. The number of likely N-dealkylation sites (tertiary alicyclic amines) is 1. The molecule has 3 fully saturated rings. The van der Waals surface area contributed by atoms with Crippen LogP contribution < -0.4 is 5.32 Å². The summed E-state index contributed by atoms with van der Waals surface area (Å²) in [6.45, 7) is 4.21. The maximum absolute atomic E-state index is 12.6. The number of piperidine rings is 1. The molecule has 26 heavy (non-hydrogen) atoms. The fourth-order valence-corrected chi connectivity index (χ4v) is 4.46. The Morgan fingerprint density at radius 3 is 2.54 bits per heavy atom. The van der Waals surface area contributed by atoms with Crippen LogP contribution in [0.25, 0.3) is 0 Å². The van der Waals surface area contributed by atoms with E-state index in [9.17, 15) is 9.59 Å². The van der Waals surface area contributed by atoms with Gasteiger partial charge < -0.3 is 14.7 Å². The molecule has 0 unspecified atom stereocenters. The molecular formula is C20H29N3O3. The van der Waals surface area contributed by atoms with Crippen LogP contribution in [0.3, 0.4) is 0 Å². The van der Waals surface area contributed by atoms with Gasteiger partial charge >= 0.3 is 0 Å². The summed E-state index contributed by atoms with van der Waals surface area (Å²) >= 11 is 0. The molecule has 2 amide bonds. The van der Waals surface area contributed by atoms with Crippen LogP contribution in [-0.2, 0) is 16.0 Å². The minimum absolute atomic E-state index is 0.116. The van der Waals surface area contributed by atoms with Gasteiger partial charge in [-0.15, -0.1) is 0 Å². The number of nitrogens with zero attached hydrogens (tertiary/aromatic N) is 2. The van der Waals surface area contributed by atoms with Crippen LogP contribution in [0.2, 0.25) is 0 Å². The second-order valence-electron chi connectivity index (χ2n) is 8.47. The van der Waals surface area contributed by atoms with E-state index >= 15 is 0 Å². The normalized spacial score (nSPS) is 22.7. The van der Waals surface area contributed by atoms with Crippen LogP contribution in [0.15, 0.2) is 10.6 Å². The molecule has 1 saturated heterocycles. The van der Waals surface area contributed by atoms with Crippen LogP contribution in [0, 0.1) is 24.2 Å². The van der Waals surface area contributed by atoms with Crippen molar-refractivity contribution in [3.63, 3.8) is 0 Å². The topological polar surface area (TPSA) is 75.4 Å². The van der Waals surface area contributed by atoms with Crippen molar-refractivity contribution in [3.8, 4) is 0 Å². The van der Waals surface area contributed by atoms with Crippen molar-refractivity contribution in [2.24, 2.45) is 17.3 Å². The molecular weight excluding hydrogens is 330 g/mol. The van der Waals surface area contributed by atoms with Crippen LogP contribution in [0.1, 0.15) is 56.4 Å². The molecule has 0 aromatic carbocycles. The largest absolute Gasteiger partial charge is 0.361 e. The number of nitrogens with one attached hydrogen (secondary N) is 1. The van der Waals surface area contributed by atoms with Gasteiger partial charge in [0, 0.05) is 31.6 Å². The third-order valence-electron chi connectivity index (χ3n) is 6.65. The molecule has 1 aromatic heterocycles. The Labute approximate surface area is 154 Å². The quantitative estimate of drug-likeness (QED) is 0.847. The molecule has 3 aliphatic rings. The number of amides is 2. The summed E-state index contributed by atoms with van der Waals surface area (Å²) in [5.41, 5.74) is 0.990. The van der Waals surface area contributed by atoms with E-state index in [-0.39, 0.29) is 29.6 Å². The molecule has 2 heterocycles. The molecule has 6 nitrogen and oxygen atoms in total. The van der Waals surface area contributed by atoms with Crippen LogP contribution in [-0.4, -0.2) is 41.5 Å². The van der Waals surface area contributed by atoms with E-state index in [0.717, 1.165) is 51.0 Å². The summed E-state index contributed by atoms with van der Waals surface area (Å²) in [5, 5.41) is 7.08. The minimum atomic E-state index is 0.116. The molecule has 1 N–H and O–H groups in total. The molecule has 6 heteroatoms. The fourth-order valence-electron chi connectivity index (χ4n) is 4.46. The molecule has 2 aliphatic carbocycles. The summed E-state index contributed by atoms with van der Waals surface area (Å²) in [6, 6.07) is 1.83. The first kappa shape index (κ1) is 17.6. The van der Waals surface area contributed by atoms with E-state index in [1.807, 2.05) is 17.9 Å². The molecule has 0 bridgehead atoms. The molecule has 142 valence electrons.